The van der Waals surface area contributed by atoms with Gasteiger partial charge < -0.3 is 10.0 Å². The fourth-order valence-electron chi connectivity index (χ4n) is 2.20. The molecular weight excluding hydrogens is 190 g/mol. The Hall–Kier alpha value is -1.03. The van der Waals surface area contributed by atoms with Gasteiger partial charge in [-0.15, -0.1) is 0 Å². The zero-order valence-electron chi connectivity index (χ0n) is 9.26. The number of rotatable bonds is 3. The second-order valence-corrected chi connectivity index (χ2v) is 4.30. The lowest BCUT2D eigenvalue weighted by atomic mass is 9.97. The molecule has 1 N–H and O–H groups in total. The van der Waals surface area contributed by atoms with Crippen LogP contribution in [0.15, 0.2) is 12.4 Å². The monoisotopic (exact) mass is 209 g/mol. The molecule has 0 unspecified atom stereocenters. The van der Waals surface area contributed by atoms with Crippen LogP contribution in [0.4, 0.5) is 0 Å². The molecule has 0 aromatic carbocycles. The van der Waals surface area contributed by atoms with Crippen molar-refractivity contribution in [2.75, 3.05) is 19.6 Å². The van der Waals surface area contributed by atoms with Gasteiger partial charge in [0.05, 0.1) is 12.4 Å². The zero-order valence-corrected chi connectivity index (χ0v) is 9.26. The van der Waals surface area contributed by atoms with Crippen LogP contribution < -0.4 is 0 Å². The summed E-state index contributed by atoms with van der Waals surface area (Å²) >= 11 is 0. The summed E-state index contributed by atoms with van der Waals surface area (Å²) in [7, 11) is 0. The molecule has 1 aliphatic heterocycles. The molecule has 0 spiro atoms. The van der Waals surface area contributed by atoms with Gasteiger partial charge in [0.25, 0.3) is 0 Å². The fourth-order valence-corrected chi connectivity index (χ4v) is 2.20. The lowest BCUT2D eigenvalue weighted by Crippen LogP contribution is -2.34. The van der Waals surface area contributed by atoms with Crippen LogP contribution in [-0.2, 0) is 6.54 Å². The summed E-state index contributed by atoms with van der Waals surface area (Å²) < 4.78 is 1.85. The van der Waals surface area contributed by atoms with E-state index in [0.29, 0.717) is 5.92 Å². The topological polar surface area (TPSA) is 41.3 Å². The van der Waals surface area contributed by atoms with Gasteiger partial charge in [0.1, 0.15) is 0 Å². The standard InChI is InChI=1S/C11H19N3O/c1-2-13-5-3-10(4-6-13)8-14-9-11(15)7-12-14/h7,9-10,15H,2-6,8H2,1H3. The van der Waals surface area contributed by atoms with E-state index in [4.69, 9.17) is 0 Å². The summed E-state index contributed by atoms with van der Waals surface area (Å²) in [4.78, 5) is 2.48. The second-order valence-electron chi connectivity index (χ2n) is 4.30. The van der Waals surface area contributed by atoms with Gasteiger partial charge in [0, 0.05) is 6.54 Å². The molecule has 1 aliphatic rings. The van der Waals surface area contributed by atoms with Crippen molar-refractivity contribution in [2.45, 2.75) is 26.3 Å². The van der Waals surface area contributed by atoms with Gasteiger partial charge in [-0.25, -0.2) is 0 Å². The lowest BCUT2D eigenvalue weighted by molar-refractivity contribution is 0.178. The number of hydrogen-bond donors (Lipinski definition) is 1. The van der Waals surface area contributed by atoms with Crippen LogP contribution in [0.1, 0.15) is 19.8 Å². The Labute approximate surface area is 90.5 Å². The number of aromatic hydroxyl groups is 1. The van der Waals surface area contributed by atoms with Gasteiger partial charge in [-0.3, -0.25) is 4.68 Å². The third-order valence-corrected chi connectivity index (χ3v) is 3.22. The van der Waals surface area contributed by atoms with E-state index in [1.165, 1.54) is 32.1 Å². The van der Waals surface area contributed by atoms with E-state index in [1.54, 1.807) is 6.20 Å². The highest BCUT2D eigenvalue weighted by Gasteiger charge is 2.18. The molecule has 0 bridgehead atoms. The number of hydrogen-bond acceptors (Lipinski definition) is 3. The van der Waals surface area contributed by atoms with Crippen LogP contribution >= 0.6 is 0 Å². The number of aromatic nitrogens is 2. The Kier molecular flexibility index (Phi) is 3.26. The van der Waals surface area contributed by atoms with Crippen LogP contribution in [0.25, 0.3) is 0 Å². The van der Waals surface area contributed by atoms with Gasteiger partial charge in [0.15, 0.2) is 5.75 Å². The minimum Gasteiger partial charge on any atom is -0.505 e. The first kappa shape index (κ1) is 10.5. The largest absolute Gasteiger partial charge is 0.505 e. The second kappa shape index (κ2) is 4.66. The molecule has 2 rings (SSSR count). The van der Waals surface area contributed by atoms with Crippen molar-refractivity contribution in [2.24, 2.45) is 5.92 Å². The molecule has 0 radical (unpaired) electrons. The number of likely N-dealkylation sites (tertiary alicyclic amines) is 1. The molecule has 15 heavy (non-hydrogen) atoms. The van der Waals surface area contributed by atoms with E-state index in [0.717, 1.165) is 13.1 Å². The first-order valence-electron chi connectivity index (χ1n) is 5.71. The van der Waals surface area contributed by atoms with Crippen molar-refractivity contribution >= 4 is 0 Å². The number of piperidine rings is 1. The van der Waals surface area contributed by atoms with Gasteiger partial charge >= 0.3 is 0 Å². The molecule has 1 aromatic rings. The van der Waals surface area contributed by atoms with Crippen molar-refractivity contribution < 1.29 is 5.11 Å². The van der Waals surface area contributed by atoms with Crippen LogP contribution in [0, 0.1) is 5.92 Å². The smallest absolute Gasteiger partial charge is 0.153 e. The first-order valence-corrected chi connectivity index (χ1v) is 5.71. The summed E-state index contributed by atoms with van der Waals surface area (Å²) in [5, 5.41) is 13.3. The fraction of sp³-hybridized carbons (Fsp3) is 0.727. The molecule has 2 heterocycles. The van der Waals surface area contributed by atoms with Crippen molar-refractivity contribution in [3.8, 4) is 5.75 Å². The quantitative estimate of drug-likeness (QED) is 0.816. The van der Waals surface area contributed by atoms with E-state index < -0.39 is 0 Å². The van der Waals surface area contributed by atoms with Gasteiger partial charge in [0.2, 0.25) is 0 Å². The average molecular weight is 209 g/mol. The summed E-state index contributed by atoms with van der Waals surface area (Å²) in [5.74, 6) is 0.980. The molecule has 0 atom stereocenters. The highest BCUT2D eigenvalue weighted by molar-refractivity contribution is 5.08. The summed E-state index contributed by atoms with van der Waals surface area (Å²) in [5.41, 5.74) is 0. The third kappa shape index (κ3) is 2.72. The summed E-state index contributed by atoms with van der Waals surface area (Å²) in [6.45, 7) is 6.72. The van der Waals surface area contributed by atoms with Crippen molar-refractivity contribution in [1.82, 2.24) is 14.7 Å². The molecule has 1 saturated heterocycles. The van der Waals surface area contributed by atoms with Gasteiger partial charge in [-0.2, -0.15) is 5.10 Å². The van der Waals surface area contributed by atoms with E-state index in [-0.39, 0.29) is 5.75 Å². The van der Waals surface area contributed by atoms with Gasteiger partial charge in [-0.1, -0.05) is 6.92 Å². The highest BCUT2D eigenvalue weighted by atomic mass is 16.3. The van der Waals surface area contributed by atoms with Gasteiger partial charge in [-0.05, 0) is 38.4 Å². The Bertz CT molecular complexity index is 303. The van der Waals surface area contributed by atoms with Crippen LogP contribution in [-0.4, -0.2) is 39.4 Å². The molecule has 0 amide bonds. The predicted octanol–water partition coefficient (Wildman–Crippen LogP) is 1.32. The maximum Gasteiger partial charge on any atom is 0.153 e. The summed E-state index contributed by atoms with van der Waals surface area (Å²) in [6.07, 6.45) is 5.69. The predicted molar refractivity (Wildman–Crippen MR) is 58.7 cm³/mol. The maximum absolute atomic E-state index is 9.17. The molecule has 4 heteroatoms. The minimum absolute atomic E-state index is 0.265. The van der Waals surface area contributed by atoms with Crippen LogP contribution in [0.5, 0.6) is 5.75 Å². The molecule has 0 aliphatic carbocycles. The van der Waals surface area contributed by atoms with E-state index in [9.17, 15) is 5.11 Å². The van der Waals surface area contributed by atoms with E-state index in [1.807, 2.05) is 4.68 Å². The minimum atomic E-state index is 0.265. The molecule has 1 fully saturated rings. The van der Waals surface area contributed by atoms with Crippen molar-refractivity contribution in [1.29, 1.82) is 0 Å². The Morgan fingerprint density at radius 2 is 2.20 bits per heavy atom. The SMILES string of the molecule is CCN1CCC(Cn2cc(O)cn2)CC1. The lowest BCUT2D eigenvalue weighted by Gasteiger charge is -2.30. The average Bonchev–Trinajstić information content (AvgIpc) is 2.65. The molecule has 0 saturated carbocycles. The Morgan fingerprint density at radius 3 is 2.73 bits per heavy atom. The molecular formula is C11H19N3O. The van der Waals surface area contributed by atoms with Crippen molar-refractivity contribution in [3.63, 3.8) is 0 Å². The third-order valence-electron chi connectivity index (χ3n) is 3.22. The highest BCUT2D eigenvalue weighted by Crippen LogP contribution is 2.19. The van der Waals surface area contributed by atoms with Crippen LogP contribution in [0.3, 0.4) is 0 Å². The normalized spacial score (nSPS) is 19.5. The molecule has 4 nitrogen and oxygen atoms in total. The Morgan fingerprint density at radius 1 is 1.47 bits per heavy atom. The molecule has 84 valence electrons. The summed E-state index contributed by atoms with van der Waals surface area (Å²) in [6, 6.07) is 0. The van der Waals surface area contributed by atoms with Crippen LogP contribution in [0.2, 0.25) is 0 Å². The molecule has 1 aromatic heterocycles. The maximum atomic E-state index is 9.17. The first-order chi connectivity index (χ1) is 7.28. The zero-order chi connectivity index (χ0) is 10.7. The van der Waals surface area contributed by atoms with E-state index in [2.05, 4.69) is 16.9 Å². The van der Waals surface area contributed by atoms with Crippen molar-refractivity contribution in [3.05, 3.63) is 12.4 Å². The van der Waals surface area contributed by atoms with E-state index >= 15 is 0 Å². The Balaban J connectivity index is 1.82. The number of nitrogens with zero attached hydrogens (tertiary/aromatic N) is 3.